The maximum atomic E-state index is 12.8. The van der Waals surface area contributed by atoms with Gasteiger partial charge in [-0.15, -0.1) is 10.2 Å². The summed E-state index contributed by atoms with van der Waals surface area (Å²) in [5.74, 6) is 1.59. The fourth-order valence-corrected chi connectivity index (χ4v) is 3.58. The van der Waals surface area contributed by atoms with Gasteiger partial charge < -0.3 is 9.73 Å². The van der Waals surface area contributed by atoms with Crippen LogP contribution in [-0.4, -0.2) is 32.4 Å². The lowest BCUT2D eigenvalue weighted by Gasteiger charge is -2.16. The summed E-state index contributed by atoms with van der Waals surface area (Å²) in [6, 6.07) is 9.52. The molecule has 1 N–H and O–H groups in total. The third kappa shape index (κ3) is 5.60. The molecule has 1 atom stereocenters. The molecule has 7 nitrogen and oxygen atoms in total. The summed E-state index contributed by atoms with van der Waals surface area (Å²) < 4.78 is 7.40. The molecular formula is C24H33N5O2. The van der Waals surface area contributed by atoms with E-state index in [0.717, 1.165) is 24.2 Å². The van der Waals surface area contributed by atoms with Gasteiger partial charge in [0, 0.05) is 24.7 Å². The molecule has 0 fully saturated rings. The number of hydrogen-bond donors (Lipinski definition) is 1. The van der Waals surface area contributed by atoms with Crippen LogP contribution in [0.1, 0.15) is 81.2 Å². The maximum absolute atomic E-state index is 12.8. The quantitative estimate of drug-likeness (QED) is 0.478. The molecule has 0 aliphatic carbocycles. The molecule has 0 saturated heterocycles. The molecule has 3 aromatic rings. The zero-order valence-electron chi connectivity index (χ0n) is 19.2. The number of nitrogens with zero attached hydrogens (tertiary/aromatic N) is 4. The number of aryl methyl sites for hydroxylation is 1. The fourth-order valence-electron chi connectivity index (χ4n) is 3.58. The van der Waals surface area contributed by atoms with Gasteiger partial charge in [0.05, 0.1) is 5.69 Å². The van der Waals surface area contributed by atoms with Crippen LogP contribution in [0.25, 0.3) is 17.3 Å². The molecule has 1 amide bonds. The second kappa shape index (κ2) is 10.4. The molecule has 0 radical (unpaired) electrons. The highest BCUT2D eigenvalue weighted by molar-refractivity contribution is 5.94. The lowest BCUT2D eigenvalue weighted by atomic mass is 9.99. The zero-order chi connectivity index (χ0) is 22.4. The van der Waals surface area contributed by atoms with Gasteiger partial charge >= 0.3 is 0 Å². The van der Waals surface area contributed by atoms with Crippen molar-refractivity contribution in [2.75, 3.05) is 6.54 Å². The van der Waals surface area contributed by atoms with Crippen LogP contribution in [0, 0.1) is 12.8 Å². The third-order valence-corrected chi connectivity index (χ3v) is 5.52. The number of nitrogens with one attached hydrogen (secondary N) is 1. The average molecular weight is 424 g/mol. The molecule has 0 aliphatic heterocycles. The van der Waals surface area contributed by atoms with E-state index in [1.165, 1.54) is 12.8 Å². The predicted molar refractivity (Wildman–Crippen MR) is 121 cm³/mol. The monoisotopic (exact) mass is 423 g/mol. The van der Waals surface area contributed by atoms with Crippen molar-refractivity contribution < 1.29 is 9.21 Å². The highest BCUT2D eigenvalue weighted by Crippen LogP contribution is 2.26. The highest BCUT2D eigenvalue weighted by atomic mass is 16.4. The molecule has 0 bridgehead atoms. The van der Waals surface area contributed by atoms with E-state index in [-0.39, 0.29) is 11.8 Å². The van der Waals surface area contributed by atoms with E-state index in [0.29, 0.717) is 35.5 Å². The van der Waals surface area contributed by atoms with Crippen LogP contribution in [0.5, 0.6) is 0 Å². The van der Waals surface area contributed by atoms with Crippen molar-refractivity contribution in [3.63, 3.8) is 0 Å². The molecule has 1 unspecified atom stereocenters. The van der Waals surface area contributed by atoms with Crippen LogP contribution in [0.2, 0.25) is 0 Å². The SMILES string of the molecule is CCCCC(CC)CNC(=O)c1cccc(-n2nc(-c3nnc(C)o3)cc2C(C)C)c1. The van der Waals surface area contributed by atoms with Crippen molar-refractivity contribution in [1.29, 1.82) is 0 Å². The lowest BCUT2D eigenvalue weighted by Crippen LogP contribution is -2.29. The Morgan fingerprint density at radius 2 is 2.00 bits per heavy atom. The minimum atomic E-state index is -0.0530. The molecule has 0 spiro atoms. The van der Waals surface area contributed by atoms with E-state index in [1.807, 2.05) is 35.0 Å². The number of carbonyl (C=O) groups excluding carboxylic acids is 1. The molecule has 0 aliphatic rings. The number of rotatable bonds is 10. The molecule has 3 rings (SSSR count). The Labute approximate surface area is 184 Å². The van der Waals surface area contributed by atoms with Crippen LogP contribution >= 0.6 is 0 Å². The molecule has 2 aromatic heterocycles. The van der Waals surface area contributed by atoms with E-state index in [4.69, 9.17) is 9.52 Å². The van der Waals surface area contributed by atoms with E-state index in [2.05, 4.69) is 43.2 Å². The standard InChI is InChI=1S/C24H33N5O2/c1-6-8-10-18(7-2)15-25-23(30)19-11-9-12-20(13-19)29-22(16(3)4)14-21(28-29)24-27-26-17(5)31-24/h9,11-14,16,18H,6-8,10,15H2,1-5H3,(H,25,30). The first-order chi connectivity index (χ1) is 14.9. The topological polar surface area (TPSA) is 85.8 Å². The van der Waals surface area contributed by atoms with Gasteiger partial charge in [0.25, 0.3) is 11.8 Å². The van der Waals surface area contributed by atoms with Gasteiger partial charge in [0.2, 0.25) is 5.89 Å². The van der Waals surface area contributed by atoms with E-state index < -0.39 is 0 Å². The molecule has 2 heterocycles. The summed E-state index contributed by atoms with van der Waals surface area (Å²) in [6.07, 6.45) is 4.60. The lowest BCUT2D eigenvalue weighted by molar-refractivity contribution is 0.0945. The summed E-state index contributed by atoms with van der Waals surface area (Å²) in [6.45, 7) is 11.1. The Bertz CT molecular complexity index is 1010. The number of amides is 1. The summed E-state index contributed by atoms with van der Waals surface area (Å²) in [7, 11) is 0. The molecule has 166 valence electrons. The Morgan fingerprint density at radius 3 is 2.65 bits per heavy atom. The summed E-state index contributed by atoms with van der Waals surface area (Å²) in [5.41, 5.74) is 3.09. The van der Waals surface area contributed by atoms with Crippen molar-refractivity contribution >= 4 is 5.91 Å². The molecule has 0 saturated carbocycles. The summed E-state index contributed by atoms with van der Waals surface area (Å²) in [4.78, 5) is 12.8. The number of aromatic nitrogens is 4. The molecule has 7 heteroatoms. The minimum absolute atomic E-state index is 0.0530. The van der Waals surface area contributed by atoms with Crippen LogP contribution in [0.3, 0.4) is 0 Å². The van der Waals surface area contributed by atoms with Crippen LogP contribution in [-0.2, 0) is 0 Å². The Kier molecular flexibility index (Phi) is 7.60. The van der Waals surface area contributed by atoms with E-state index in [9.17, 15) is 4.79 Å². The van der Waals surface area contributed by atoms with Gasteiger partial charge in [-0.2, -0.15) is 5.10 Å². The van der Waals surface area contributed by atoms with Crippen molar-refractivity contribution in [2.24, 2.45) is 5.92 Å². The van der Waals surface area contributed by atoms with Crippen molar-refractivity contribution in [3.05, 3.63) is 47.5 Å². The Hall–Kier alpha value is -2.96. The van der Waals surface area contributed by atoms with Gasteiger partial charge in [-0.05, 0) is 42.5 Å². The molecule has 31 heavy (non-hydrogen) atoms. The van der Waals surface area contributed by atoms with Crippen molar-refractivity contribution in [3.8, 4) is 17.3 Å². The van der Waals surface area contributed by atoms with Crippen molar-refractivity contribution in [1.82, 2.24) is 25.3 Å². The largest absolute Gasteiger partial charge is 0.420 e. The van der Waals surface area contributed by atoms with Gasteiger partial charge in [0.15, 0.2) is 0 Å². The number of benzene rings is 1. The maximum Gasteiger partial charge on any atom is 0.268 e. The van der Waals surface area contributed by atoms with Crippen molar-refractivity contribution in [2.45, 2.75) is 66.2 Å². The number of carbonyl (C=O) groups is 1. The van der Waals surface area contributed by atoms with E-state index >= 15 is 0 Å². The Morgan fingerprint density at radius 1 is 1.19 bits per heavy atom. The van der Waals surface area contributed by atoms with Gasteiger partial charge in [0.1, 0.15) is 5.69 Å². The van der Waals surface area contributed by atoms with Crippen LogP contribution in [0.4, 0.5) is 0 Å². The van der Waals surface area contributed by atoms with Gasteiger partial charge in [-0.25, -0.2) is 4.68 Å². The first-order valence-corrected chi connectivity index (χ1v) is 11.2. The first kappa shape index (κ1) is 22.7. The van der Waals surface area contributed by atoms with Crippen LogP contribution < -0.4 is 5.32 Å². The summed E-state index contributed by atoms with van der Waals surface area (Å²) in [5, 5.41) is 15.8. The predicted octanol–water partition coefficient (Wildman–Crippen LogP) is 5.30. The van der Waals surface area contributed by atoms with Crippen LogP contribution in [0.15, 0.2) is 34.7 Å². The molecular weight excluding hydrogens is 390 g/mol. The van der Waals surface area contributed by atoms with E-state index in [1.54, 1.807) is 6.92 Å². The zero-order valence-corrected chi connectivity index (χ0v) is 19.2. The van der Waals surface area contributed by atoms with Gasteiger partial charge in [-0.3, -0.25) is 4.79 Å². The number of hydrogen-bond acceptors (Lipinski definition) is 5. The average Bonchev–Trinajstić information content (AvgIpc) is 3.40. The second-order valence-corrected chi connectivity index (χ2v) is 8.32. The number of unbranched alkanes of at least 4 members (excludes halogenated alkanes) is 1. The smallest absolute Gasteiger partial charge is 0.268 e. The minimum Gasteiger partial charge on any atom is -0.420 e. The normalized spacial score (nSPS) is 12.3. The second-order valence-electron chi connectivity index (χ2n) is 8.32. The first-order valence-electron chi connectivity index (χ1n) is 11.2. The van der Waals surface area contributed by atoms with Gasteiger partial charge in [-0.1, -0.05) is 53.0 Å². The fraction of sp³-hybridized carbons (Fsp3) is 0.500. The highest BCUT2D eigenvalue weighted by Gasteiger charge is 2.18. The Balaban J connectivity index is 1.82. The third-order valence-electron chi connectivity index (χ3n) is 5.52. The molecule has 1 aromatic carbocycles. The summed E-state index contributed by atoms with van der Waals surface area (Å²) >= 11 is 0.